The van der Waals surface area contributed by atoms with Gasteiger partial charge in [0.05, 0.1) is 25.5 Å². The van der Waals surface area contributed by atoms with E-state index in [1.807, 2.05) is 23.1 Å². The lowest BCUT2D eigenvalue weighted by molar-refractivity contribution is -0.137. The van der Waals surface area contributed by atoms with Crippen LogP contribution in [0.1, 0.15) is 5.56 Å². The number of halogens is 3. The van der Waals surface area contributed by atoms with Crippen LogP contribution in [-0.4, -0.2) is 61.5 Å². The Morgan fingerprint density at radius 2 is 1.71 bits per heavy atom. The topological polar surface area (TPSA) is 79.8 Å². The highest BCUT2D eigenvalue weighted by Gasteiger charge is 2.31. The molecule has 0 saturated carbocycles. The number of hydrogen-bond acceptors (Lipinski definition) is 6. The molecular formula is C24H24F3N5O3. The summed E-state index contributed by atoms with van der Waals surface area (Å²) in [7, 11) is 3.16. The number of ether oxygens (including phenoxy) is 2. The van der Waals surface area contributed by atoms with Crippen molar-refractivity contribution in [3.05, 3.63) is 60.2 Å². The van der Waals surface area contributed by atoms with Gasteiger partial charge in [-0.3, -0.25) is 0 Å². The maximum absolute atomic E-state index is 12.9. The van der Waals surface area contributed by atoms with Crippen LogP contribution in [-0.2, 0) is 6.18 Å². The van der Waals surface area contributed by atoms with Gasteiger partial charge < -0.3 is 24.6 Å². The number of aromatic nitrogens is 2. The first kappa shape index (κ1) is 24.1. The van der Waals surface area contributed by atoms with E-state index in [9.17, 15) is 18.0 Å². The molecule has 0 radical (unpaired) electrons. The lowest BCUT2D eigenvalue weighted by Crippen LogP contribution is -2.50. The van der Waals surface area contributed by atoms with Gasteiger partial charge in [0, 0.05) is 37.4 Å². The minimum atomic E-state index is -4.47. The molecule has 0 bridgehead atoms. The molecule has 2 heterocycles. The fraction of sp³-hybridized carbons (Fsp3) is 0.292. The van der Waals surface area contributed by atoms with E-state index in [1.54, 1.807) is 31.3 Å². The molecule has 0 aliphatic carbocycles. The van der Waals surface area contributed by atoms with Crippen LogP contribution in [0.5, 0.6) is 11.5 Å². The first-order valence-electron chi connectivity index (χ1n) is 10.8. The van der Waals surface area contributed by atoms with Gasteiger partial charge >= 0.3 is 12.2 Å². The molecule has 1 aliphatic rings. The second-order valence-electron chi connectivity index (χ2n) is 7.83. The lowest BCUT2D eigenvalue weighted by Gasteiger charge is -2.35. The van der Waals surface area contributed by atoms with Gasteiger partial charge in [-0.25, -0.2) is 4.79 Å². The number of nitrogens with one attached hydrogen (secondary N) is 1. The molecule has 2 aromatic carbocycles. The van der Waals surface area contributed by atoms with Gasteiger partial charge in [0.25, 0.3) is 0 Å². The molecule has 1 saturated heterocycles. The highest BCUT2D eigenvalue weighted by molar-refractivity contribution is 5.89. The Morgan fingerprint density at radius 1 is 0.943 bits per heavy atom. The summed E-state index contributed by atoms with van der Waals surface area (Å²) in [5, 5.41) is 11.2. The van der Waals surface area contributed by atoms with Crippen LogP contribution >= 0.6 is 0 Å². The van der Waals surface area contributed by atoms with Gasteiger partial charge in [0.15, 0.2) is 5.82 Å². The summed E-state index contributed by atoms with van der Waals surface area (Å²) in [4.78, 5) is 16.1. The number of urea groups is 1. The third-order valence-electron chi connectivity index (χ3n) is 5.67. The third-order valence-corrected chi connectivity index (χ3v) is 5.67. The number of anilines is 2. The zero-order valence-corrected chi connectivity index (χ0v) is 19.2. The third kappa shape index (κ3) is 5.56. The minimum absolute atomic E-state index is 0.0988. The Labute approximate surface area is 200 Å². The fourth-order valence-electron chi connectivity index (χ4n) is 3.77. The summed E-state index contributed by atoms with van der Waals surface area (Å²) >= 11 is 0. The zero-order valence-electron chi connectivity index (χ0n) is 19.2. The SMILES string of the molecule is COc1ccc(OC)c(-c2ccc(N3CCN(C(=O)Nc4cccc(C(F)(F)F)c4)CC3)nn2)c1. The van der Waals surface area contributed by atoms with Crippen LogP contribution in [0.15, 0.2) is 54.6 Å². The Hall–Kier alpha value is -4.02. The summed E-state index contributed by atoms with van der Waals surface area (Å²) in [6.45, 7) is 1.79. The van der Waals surface area contributed by atoms with Crippen molar-refractivity contribution in [2.45, 2.75) is 6.18 Å². The minimum Gasteiger partial charge on any atom is -0.497 e. The first-order valence-corrected chi connectivity index (χ1v) is 10.8. The number of piperazine rings is 1. The molecule has 0 unspecified atom stereocenters. The molecule has 1 aromatic heterocycles. The van der Waals surface area contributed by atoms with Gasteiger partial charge in [0.1, 0.15) is 11.5 Å². The van der Waals surface area contributed by atoms with E-state index in [1.165, 1.54) is 12.1 Å². The summed E-state index contributed by atoms with van der Waals surface area (Å²) in [5.41, 5.74) is 0.668. The predicted molar refractivity (Wildman–Crippen MR) is 125 cm³/mol. The smallest absolute Gasteiger partial charge is 0.416 e. The predicted octanol–water partition coefficient (Wildman–Crippen LogP) is 4.53. The van der Waals surface area contributed by atoms with Crippen molar-refractivity contribution in [1.29, 1.82) is 0 Å². The molecule has 11 heteroatoms. The Morgan fingerprint density at radius 3 is 2.34 bits per heavy atom. The summed E-state index contributed by atoms with van der Waals surface area (Å²) < 4.78 is 49.4. The van der Waals surface area contributed by atoms with Crippen molar-refractivity contribution >= 4 is 17.5 Å². The number of nitrogens with zero attached hydrogens (tertiary/aromatic N) is 4. The highest BCUT2D eigenvalue weighted by atomic mass is 19.4. The van der Waals surface area contributed by atoms with Crippen LogP contribution in [0.3, 0.4) is 0 Å². The normalized spacial score (nSPS) is 14.0. The fourth-order valence-corrected chi connectivity index (χ4v) is 3.77. The molecular weight excluding hydrogens is 463 g/mol. The monoisotopic (exact) mass is 487 g/mol. The van der Waals surface area contributed by atoms with Crippen LogP contribution in [0, 0.1) is 0 Å². The van der Waals surface area contributed by atoms with Gasteiger partial charge in [-0.1, -0.05) is 6.07 Å². The number of rotatable bonds is 5. The largest absolute Gasteiger partial charge is 0.497 e. The number of methoxy groups -OCH3 is 2. The van der Waals surface area contributed by atoms with Crippen molar-refractivity contribution in [2.75, 3.05) is 50.6 Å². The maximum atomic E-state index is 12.9. The molecule has 2 amide bonds. The number of alkyl halides is 3. The van der Waals surface area contributed by atoms with Gasteiger partial charge in [0.2, 0.25) is 0 Å². The van der Waals surface area contributed by atoms with E-state index in [2.05, 4.69) is 15.5 Å². The molecule has 184 valence electrons. The molecule has 1 N–H and O–H groups in total. The van der Waals surface area contributed by atoms with Crippen molar-refractivity contribution in [1.82, 2.24) is 15.1 Å². The quantitative estimate of drug-likeness (QED) is 0.570. The lowest BCUT2D eigenvalue weighted by atomic mass is 10.1. The highest BCUT2D eigenvalue weighted by Crippen LogP contribution is 2.33. The van der Waals surface area contributed by atoms with E-state index in [-0.39, 0.29) is 5.69 Å². The molecule has 1 fully saturated rings. The van der Waals surface area contributed by atoms with E-state index >= 15 is 0 Å². The molecule has 35 heavy (non-hydrogen) atoms. The van der Waals surface area contributed by atoms with Crippen LogP contribution in [0.25, 0.3) is 11.3 Å². The average Bonchev–Trinajstić information content (AvgIpc) is 2.88. The van der Waals surface area contributed by atoms with Gasteiger partial charge in [-0.15, -0.1) is 10.2 Å². The molecule has 8 nitrogen and oxygen atoms in total. The van der Waals surface area contributed by atoms with Gasteiger partial charge in [-0.2, -0.15) is 13.2 Å². The molecule has 1 aliphatic heterocycles. The summed E-state index contributed by atoms with van der Waals surface area (Å²) in [5.74, 6) is 1.98. The molecule has 0 atom stereocenters. The van der Waals surface area contributed by atoms with Crippen molar-refractivity contribution in [2.24, 2.45) is 0 Å². The number of hydrogen-bond donors (Lipinski definition) is 1. The zero-order chi connectivity index (χ0) is 25.0. The van der Waals surface area contributed by atoms with E-state index in [0.717, 1.165) is 17.7 Å². The van der Waals surface area contributed by atoms with Crippen LogP contribution < -0.4 is 19.7 Å². The van der Waals surface area contributed by atoms with Crippen LogP contribution in [0.2, 0.25) is 0 Å². The summed E-state index contributed by atoms with van der Waals surface area (Å²) in [6, 6.07) is 13.2. The Balaban J connectivity index is 1.37. The average molecular weight is 487 g/mol. The second kappa shape index (κ2) is 10.1. The molecule has 4 rings (SSSR count). The van der Waals surface area contributed by atoms with Gasteiger partial charge in [-0.05, 0) is 48.5 Å². The van der Waals surface area contributed by atoms with E-state index < -0.39 is 17.8 Å². The number of amides is 2. The second-order valence-corrected chi connectivity index (χ2v) is 7.83. The maximum Gasteiger partial charge on any atom is 0.416 e. The van der Waals surface area contributed by atoms with Crippen molar-refractivity contribution in [3.63, 3.8) is 0 Å². The van der Waals surface area contributed by atoms with E-state index in [4.69, 9.17) is 9.47 Å². The van der Waals surface area contributed by atoms with Crippen LogP contribution in [0.4, 0.5) is 29.5 Å². The Bertz CT molecular complexity index is 1180. The van der Waals surface area contributed by atoms with Crippen molar-refractivity contribution in [3.8, 4) is 22.8 Å². The number of benzene rings is 2. The first-order chi connectivity index (χ1) is 16.8. The van der Waals surface area contributed by atoms with Crippen molar-refractivity contribution < 1.29 is 27.4 Å². The standard InChI is InChI=1S/C24H24F3N5O3/c1-34-18-6-8-21(35-2)19(15-18)20-7-9-22(30-29-20)31-10-12-32(13-11-31)23(33)28-17-5-3-4-16(14-17)24(25,26)27/h3-9,14-15H,10-13H2,1-2H3,(H,28,33). The molecule has 0 spiro atoms. The number of carbonyl (C=O) groups excluding carboxylic acids is 1. The van der Waals surface area contributed by atoms with E-state index in [0.29, 0.717) is 49.2 Å². The summed E-state index contributed by atoms with van der Waals surface area (Å²) in [6.07, 6.45) is -4.47. The number of carbonyl (C=O) groups is 1. The molecule has 3 aromatic rings. The Kier molecular flexibility index (Phi) is 6.94.